The molecule has 2 amide bonds. The van der Waals surface area contributed by atoms with Crippen LogP contribution in [-0.4, -0.2) is 89.3 Å². The zero-order valence-corrected chi connectivity index (χ0v) is 25.8. The van der Waals surface area contributed by atoms with E-state index < -0.39 is 33.6 Å². The van der Waals surface area contributed by atoms with E-state index >= 15 is 4.79 Å². The van der Waals surface area contributed by atoms with Gasteiger partial charge in [-0.15, -0.1) is 0 Å². The van der Waals surface area contributed by atoms with Gasteiger partial charge in [-0.25, -0.2) is 12.7 Å². The molecular formula is C30H32ClN3O8S. The highest BCUT2D eigenvalue weighted by molar-refractivity contribution is 7.93. The molecule has 2 unspecified atom stereocenters. The van der Waals surface area contributed by atoms with Gasteiger partial charge in [-0.05, 0) is 42.8 Å². The summed E-state index contributed by atoms with van der Waals surface area (Å²) in [5, 5.41) is 11.2. The summed E-state index contributed by atoms with van der Waals surface area (Å²) in [7, 11) is 2.70. The van der Waals surface area contributed by atoms with Crippen molar-refractivity contribution in [2.75, 3.05) is 46.3 Å². The van der Waals surface area contributed by atoms with Gasteiger partial charge in [-0.1, -0.05) is 29.8 Å². The molecule has 43 heavy (non-hydrogen) atoms. The lowest BCUT2D eigenvalue weighted by atomic mass is 9.80. The zero-order chi connectivity index (χ0) is 31.3. The predicted octanol–water partition coefficient (Wildman–Crippen LogP) is 2.87. The highest BCUT2D eigenvalue weighted by Crippen LogP contribution is 2.55. The fourth-order valence-corrected chi connectivity index (χ4v) is 7.80. The second-order valence-electron chi connectivity index (χ2n) is 10.5. The number of para-hydroxylation sites is 1. The molecule has 0 spiro atoms. The first-order valence-corrected chi connectivity index (χ1v) is 15.2. The van der Waals surface area contributed by atoms with E-state index in [4.69, 9.17) is 25.8 Å². The molecule has 13 heteroatoms. The summed E-state index contributed by atoms with van der Waals surface area (Å²) >= 11 is 6.52. The molecule has 2 aliphatic heterocycles. The molecule has 0 aromatic heterocycles. The minimum Gasteiger partial charge on any atom is -0.497 e. The van der Waals surface area contributed by atoms with E-state index in [9.17, 15) is 18.3 Å². The summed E-state index contributed by atoms with van der Waals surface area (Å²) < 4.78 is 46.1. The molecule has 3 atom stereocenters. The maximum absolute atomic E-state index is 15.2. The quantitative estimate of drug-likeness (QED) is 0.400. The minimum atomic E-state index is -4.64. The number of anilines is 1. The summed E-state index contributed by atoms with van der Waals surface area (Å²) in [5.41, 5.74) is -1.39. The first kappa shape index (κ1) is 30.6. The van der Waals surface area contributed by atoms with Crippen LogP contribution in [0.4, 0.5) is 5.69 Å². The van der Waals surface area contributed by atoms with Gasteiger partial charge in [0.15, 0.2) is 5.54 Å². The number of fused-ring (bicyclic) bond motifs is 1. The Kier molecular flexibility index (Phi) is 8.07. The van der Waals surface area contributed by atoms with Crippen LogP contribution in [0.5, 0.6) is 17.2 Å². The number of hydrogen-bond donors (Lipinski definition) is 1. The Bertz CT molecular complexity index is 1700. The number of hydrogen-bond acceptors (Lipinski definition) is 9. The minimum absolute atomic E-state index is 0.0240. The Balaban J connectivity index is 1.86. The molecule has 1 fully saturated rings. The van der Waals surface area contributed by atoms with Gasteiger partial charge in [-0.2, -0.15) is 0 Å². The molecule has 0 radical (unpaired) electrons. The fraction of sp³-hybridized carbons (Fsp3) is 0.333. The standard InChI is InChI=1S/C30H32ClN3O8S/c1-32(2)28(36)24-15-19(35)17-33(24)30(21-8-6-7-9-25(21)41-4)22-14-18(31)10-12-23(22)34(29(30)37)43(38,39)27-13-11-20(40-3)16-26(27)42-5/h6-14,16,19,24,35H,15,17H2,1-5H3/t19?,24?,30-/m0/s1. The highest BCUT2D eigenvalue weighted by atomic mass is 35.5. The molecule has 3 aromatic carbocycles. The molecular weight excluding hydrogens is 598 g/mol. The van der Waals surface area contributed by atoms with E-state index in [2.05, 4.69) is 0 Å². The van der Waals surface area contributed by atoms with Crippen LogP contribution in [0.15, 0.2) is 65.6 Å². The van der Waals surface area contributed by atoms with Crippen molar-refractivity contribution < 1.29 is 37.3 Å². The van der Waals surface area contributed by atoms with Gasteiger partial charge in [0.2, 0.25) is 5.91 Å². The maximum Gasteiger partial charge on any atom is 0.274 e. The van der Waals surface area contributed by atoms with Crippen molar-refractivity contribution in [2.24, 2.45) is 0 Å². The summed E-state index contributed by atoms with van der Waals surface area (Å²) in [5.74, 6) is -0.650. The average molecular weight is 630 g/mol. The third kappa shape index (κ3) is 4.69. The molecule has 0 bridgehead atoms. The van der Waals surface area contributed by atoms with Crippen LogP contribution < -0.4 is 18.5 Å². The average Bonchev–Trinajstić information content (AvgIpc) is 3.50. The van der Waals surface area contributed by atoms with Crippen molar-refractivity contribution in [1.29, 1.82) is 0 Å². The number of carbonyl (C=O) groups excluding carboxylic acids is 2. The Hall–Kier alpha value is -3.84. The van der Waals surface area contributed by atoms with Crippen LogP contribution >= 0.6 is 11.6 Å². The smallest absolute Gasteiger partial charge is 0.274 e. The van der Waals surface area contributed by atoms with Crippen LogP contribution in [0, 0.1) is 0 Å². The van der Waals surface area contributed by atoms with E-state index in [1.807, 2.05) is 0 Å². The Labute approximate surface area is 255 Å². The SMILES string of the molecule is COc1ccc(S(=O)(=O)N2C(=O)[C@@](c3ccccc3OC)(N3CC(O)CC3C(=O)N(C)C)c3cc(Cl)ccc32)c(OC)c1. The van der Waals surface area contributed by atoms with Crippen LogP contribution in [0.1, 0.15) is 17.5 Å². The molecule has 3 aromatic rings. The van der Waals surface area contributed by atoms with Crippen LogP contribution in [-0.2, 0) is 25.2 Å². The predicted molar refractivity (Wildman–Crippen MR) is 159 cm³/mol. The molecule has 5 rings (SSSR count). The zero-order valence-electron chi connectivity index (χ0n) is 24.3. The van der Waals surface area contributed by atoms with Gasteiger partial charge in [0.1, 0.15) is 22.1 Å². The highest BCUT2D eigenvalue weighted by Gasteiger charge is 2.64. The molecule has 0 saturated carbocycles. The second-order valence-corrected chi connectivity index (χ2v) is 12.6. The normalized spacial score (nSPS) is 21.9. The number of rotatable bonds is 8. The van der Waals surface area contributed by atoms with Gasteiger partial charge in [0, 0.05) is 42.9 Å². The number of benzene rings is 3. The summed E-state index contributed by atoms with van der Waals surface area (Å²) in [6.07, 6.45) is -0.959. The van der Waals surface area contributed by atoms with Gasteiger partial charge in [-0.3, -0.25) is 14.5 Å². The largest absolute Gasteiger partial charge is 0.497 e. The Morgan fingerprint density at radius 3 is 2.33 bits per heavy atom. The lowest BCUT2D eigenvalue weighted by Gasteiger charge is -2.42. The Morgan fingerprint density at radius 1 is 0.977 bits per heavy atom. The molecule has 2 heterocycles. The van der Waals surface area contributed by atoms with Crippen molar-refractivity contribution >= 4 is 39.1 Å². The lowest BCUT2D eigenvalue weighted by molar-refractivity contribution is -0.138. The summed E-state index contributed by atoms with van der Waals surface area (Å²) in [6, 6.07) is 14.3. The molecule has 0 aliphatic carbocycles. The van der Waals surface area contributed by atoms with Gasteiger partial charge >= 0.3 is 0 Å². The fourth-order valence-electron chi connectivity index (χ4n) is 6.02. The van der Waals surface area contributed by atoms with Crippen molar-refractivity contribution in [1.82, 2.24) is 9.80 Å². The molecule has 1 N–H and O–H groups in total. The molecule has 11 nitrogen and oxygen atoms in total. The third-order valence-corrected chi connectivity index (χ3v) is 9.85. The first-order valence-electron chi connectivity index (χ1n) is 13.3. The van der Waals surface area contributed by atoms with E-state index in [-0.39, 0.29) is 57.1 Å². The molecule has 228 valence electrons. The number of nitrogens with zero attached hydrogens (tertiary/aromatic N) is 3. The summed E-state index contributed by atoms with van der Waals surface area (Å²) in [4.78, 5) is 31.4. The number of ether oxygens (including phenoxy) is 3. The van der Waals surface area contributed by atoms with E-state index in [0.29, 0.717) is 5.75 Å². The number of aliphatic hydroxyl groups excluding tert-OH is 1. The van der Waals surface area contributed by atoms with Crippen LogP contribution in [0.3, 0.4) is 0 Å². The number of halogens is 1. The van der Waals surface area contributed by atoms with Crippen molar-refractivity contribution in [3.8, 4) is 17.2 Å². The number of methoxy groups -OCH3 is 3. The molecule has 1 saturated heterocycles. The number of β-amino-alcohol motifs (C(OH)–C–C–N with tert-alkyl or cyclic N) is 1. The number of amides is 2. The number of likely N-dealkylation sites (N-methyl/N-ethyl adjacent to an activating group) is 1. The second kappa shape index (κ2) is 11.3. The monoisotopic (exact) mass is 629 g/mol. The number of sulfonamides is 1. The van der Waals surface area contributed by atoms with E-state index in [1.54, 1.807) is 43.3 Å². The number of likely N-dealkylation sites (tertiary alicyclic amines) is 1. The maximum atomic E-state index is 15.2. The first-order chi connectivity index (χ1) is 20.4. The van der Waals surface area contributed by atoms with Crippen molar-refractivity contribution in [3.05, 3.63) is 76.8 Å². The van der Waals surface area contributed by atoms with Gasteiger partial charge in [0.05, 0.1) is 39.2 Å². The van der Waals surface area contributed by atoms with Crippen molar-refractivity contribution in [3.63, 3.8) is 0 Å². The Morgan fingerprint density at radius 2 is 1.67 bits per heavy atom. The van der Waals surface area contributed by atoms with Crippen LogP contribution in [0.25, 0.3) is 0 Å². The lowest BCUT2D eigenvalue weighted by Crippen LogP contribution is -2.59. The number of carbonyl (C=O) groups is 2. The number of aliphatic hydroxyl groups is 1. The molecule has 2 aliphatic rings. The van der Waals surface area contributed by atoms with Gasteiger partial charge in [0.25, 0.3) is 15.9 Å². The van der Waals surface area contributed by atoms with E-state index in [1.165, 1.54) is 62.6 Å². The van der Waals surface area contributed by atoms with E-state index in [0.717, 1.165) is 4.31 Å². The van der Waals surface area contributed by atoms with Crippen LogP contribution in [0.2, 0.25) is 5.02 Å². The van der Waals surface area contributed by atoms with Crippen molar-refractivity contribution in [2.45, 2.75) is 29.0 Å². The topological polar surface area (TPSA) is 126 Å². The van der Waals surface area contributed by atoms with Gasteiger partial charge < -0.3 is 24.2 Å². The summed E-state index contributed by atoms with van der Waals surface area (Å²) in [6.45, 7) is -0.111. The third-order valence-electron chi connectivity index (χ3n) is 7.88.